The van der Waals surface area contributed by atoms with Crippen molar-refractivity contribution in [3.8, 4) is 0 Å². The number of hydrogen-bond donors (Lipinski definition) is 2. The molecule has 3 N–H and O–H groups in total. The van der Waals surface area contributed by atoms with Gasteiger partial charge in [-0.05, 0) is 49.3 Å². The van der Waals surface area contributed by atoms with Gasteiger partial charge in [0.25, 0.3) is 0 Å². The minimum atomic E-state index is 0.0851. The predicted octanol–water partition coefficient (Wildman–Crippen LogP) is 3.12. The van der Waals surface area contributed by atoms with Crippen LogP contribution < -0.4 is 11.3 Å². The smallest absolute Gasteiger partial charge is 0.0737 e. The van der Waals surface area contributed by atoms with Crippen molar-refractivity contribution in [2.24, 2.45) is 5.84 Å². The van der Waals surface area contributed by atoms with E-state index in [-0.39, 0.29) is 6.04 Å². The molecule has 0 bridgehead atoms. The standard InChI is InChI=1S/C9H9BrN2S2/c10-8-5-14-4-7(8)9(12-11)6-1-2-13-3-6/h1-5,9,12H,11H2. The molecular weight excluding hydrogens is 280 g/mol. The molecule has 1 atom stereocenters. The zero-order chi connectivity index (χ0) is 9.97. The molecule has 2 aromatic heterocycles. The van der Waals surface area contributed by atoms with Gasteiger partial charge < -0.3 is 0 Å². The predicted molar refractivity (Wildman–Crippen MR) is 65.5 cm³/mol. The first-order chi connectivity index (χ1) is 6.83. The highest BCUT2D eigenvalue weighted by Crippen LogP contribution is 2.31. The number of hydrogen-bond acceptors (Lipinski definition) is 4. The van der Waals surface area contributed by atoms with E-state index in [1.165, 1.54) is 11.1 Å². The number of thiophene rings is 2. The fourth-order valence-electron chi connectivity index (χ4n) is 1.30. The molecule has 0 aliphatic heterocycles. The number of halogens is 1. The highest BCUT2D eigenvalue weighted by Gasteiger charge is 2.15. The van der Waals surface area contributed by atoms with E-state index in [4.69, 9.17) is 5.84 Å². The second-order valence-electron chi connectivity index (χ2n) is 2.83. The van der Waals surface area contributed by atoms with Crippen molar-refractivity contribution < 1.29 is 0 Å². The lowest BCUT2D eigenvalue weighted by Gasteiger charge is -2.13. The molecule has 0 aromatic carbocycles. The minimum Gasteiger partial charge on any atom is -0.271 e. The number of nitrogens with two attached hydrogens (primary N) is 1. The van der Waals surface area contributed by atoms with Crippen molar-refractivity contribution in [1.29, 1.82) is 0 Å². The van der Waals surface area contributed by atoms with Gasteiger partial charge in [-0.1, -0.05) is 0 Å². The van der Waals surface area contributed by atoms with Gasteiger partial charge in [-0.3, -0.25) is 5.84 Å². The van der Waals surface area contributed by atoms with Gasteiger partial charge in [0.1, 0.15) is 0 Å². The largest absolute Gasteiger partial charge is 0.271 e. The Morgan fingerprint density at radius 2 is 2.14 bits per heavy atom. The van der Waals surface area contributed by atoms with Gasteiger partial charge in [0, 0.05) is 9.85 Å². The molecule has 0 saturated heterocycles. The van der Waals surface area contributed by atoms with Crippen LogP contribution in [0.4, 0.5) is 0 Å². The summed E-state index contributed by atoms with van der Waals surface area (Å²) in [4.78, 5) is 0. The number of hydrazine groups is 1. The van der Waals surface area contributed by atoms with Crippen LogP contribution in [0.5, 0.6) is 0 Å². The molecule has 0 radical (unpaired) electrons. The highest BCUT2D eigenvalue weighted by atomic mass is 79.9. The first kappa shape index (κ1) is 10.3. The van der Waals surface area contributed by atoms with E-state index in [9.17, 15) is 0 Å². The van der Waals surface area contributed by atoms with Crippen LogP contribution >= 0.6 is 38.6 Å². The van der Waals surface area contributed by atoms with Crippen molar-refractivity contribution in [2.75, 3.05) is 0 Å². The summed E-state index contributed by atoms with van der Waals surface area (Å²) in [6.45, 7) is 0. The Labute approximate surface area is 98.9 Å². The summed E-state index contributed by atoms with van der Waals surface area (Å²) >= 11 is 6.86. The summed E-state index contributed by atoms with van der Waals surface area (Å²) < 4.78 is 1.11. The third-order valence-electron chi connectivity index (χ3n) is 2.00. The summed E-state index contributed by atoms with van der Waals surface area (Å²) in [6.07, 6.45) is 0. The average Bonchev–Trinajstić information content (AvgIpc) is 2.80. The van der Waals surface area contributed by atoms with Gasteiger partial charge in [-0.25, -0.2) is 5.43 Å². The molecule has 1 unspecified atom stereocenters. The molecule has 2 rings (SSSR count). The second-order valence-corrected chi connectivity index (χ2v) is 5.21. The van der Waals surface area contributed by atoms with Crippen LogP contribution in [0.15, 0.2) is 32.1 Å². The SMILES string of the molecule is NNC(c1ccsc1)c1cscc1Br. The second kappa shape index (κ2) is 4.55. The molecule has 74 valence electrons. The van der Waals surface area contributed by atoms with Gasteiger partial charge >= 0.3 is 0 Å². The first-order valence-corrected chi connectivity index (χ1v) is 6.70. The fraction of sp³-hybridized carbons (Fsp3) is 0.111. The van der Waals surface area contributed by atoms with Crippen LogP contribution in [-0.4, -0.2) is 0 Å². The van der Waals surface area contributed by atoms with Gasteiger partial charge in [0.05, 0.1) is 6.04 Å². The van der Waals surface area contributed by atoms with E-state index >= 15 is 0 Å². The summed E-state index contributed by atoms with van der Waals surface area (Å²) in [6, 6.07) is 2.17. The zero-order valence-corrected chi connectivity index (χ0v) is 10.5. The van der Waals surface area contributed by atoms with Crippen LogP contribution in [0.25, 0.3) is 0 Å². The zero-order valence-electron chi connectivity index (χ0n) is 7.24. The third-order valence-corrected chi connectivity index (χ3v) is 4.45. The molecule has 0 aliphatic carbocycles. The Balaban J connectivity index is 2.36. The Bertz CT molecular complexity index is 397. The van der Waals surface area contributed by atoms with Crippen molar-refractivity contribution >= 4 is 38.6 Å². The molecule has 0 spiro atoms. The molecule has 14 heavy (non-hydrogen) atoms. The molecule has 0 saturated carbocycles. The first-order valence-electron chi connectivity index (χ1n) is 4.02. The lowest BCUT2D eigenvalue weighted by atomic mass is 10.1. The molecule has 2 aromatic rings. The highest BCUT2D eigenvalue weighted by molar-refractivity contribution is 9.10. The Morgan fingerprint density at radius 3 is 2.64 bits per heavy atom. The topological polar surface area (TPSA) is 38.0 Å². The van der Waals surface area contributed by atoms with Crippen LogP contribution in [0.2, 0.25) is 0 Å². The third kappa shape index (κ3) is 1.92. The number of nitrogens with one attached hydrogen (secondary N) is 1. The molecule has 0 aliphatic rings. The maximum atomic E-state index is 5.56. The normalized spacial score (nSPS) is 13.0. The summed E-state index contributed by atoms with van der Waals surface area (Å²) in [7, 11) is 0. The average molecular weight is 289 g/mol. The monoisotopic (exact) mass is 288 g/mol. The quantitative estimate of drug-likeness (QED) is 0.673. The van der Waals surface area contributed by atoms with Crippen molar-refractivity contribution in [3.05, 3.63) is 43.2 Å². The van der Waals surface area contributed by atoms with Gasteiger partial charge in [-0.15, -0.1) is 0 Å². The van der Waals surface area contributed by atoms with E-state index in [1.807, 2.05) is 0 Å². The molecule has 2 heterocycles. The Hall–Kier alpha value is -0.200. The van der Waals surface area contributed by atoms with E-state index in [0.29, 0.717) is 0 Å². The van der Waals surface area contributed by atoms with Gasteiger partial charge in [0.15, 0.2) is 0 Å². The van der Waals surface area contributed by atoms with E-state index in [1.54, 1.807) is 22.7 Å². The lowest BCUT2D eigenvalue weighted by Crippen LogP contribution is -2.28. The molecule has 0 amide bonds. The molecule has 5 heteroatoms. The Kier molecular flexibility index (Phi) is 3.35. The van der Waals surface area contributed by atoms with E-state index in [2.05, 4.69) is 48.9 Å². The maximum absolute atomic E-state index is 5.56. The molecular formula is C9H9BrN2S2. The number of rotatable bonds is 3. The maximum Gasteiger partial charge on any atom is 0.0737 e. The molecule has 0 fully saturated rings. The molecule has 2 nitrogen and oxygen atoms in total. The van der Waals surface area contributed by atoms with Crippen molar-refractivity contribution in [1.82, 2.24) is 5.43 Å². The Morgan fingerprint density at radius 1 is 1.29 bits per heavy atom. The van der Waals surface area contributed by atoms with Crippen LogP contribution in [-0.2, 0) is 0 Å². The summed E-state index contributed by atoms with van der Waals surface area (Å²) in [5.41, 5.74) is 5.23. The summed E-state index contributed by atoms with van der Waals surface area (Å²) in [5.74, 6) is 5.56. The van der Waals surface area contributed by atoms with Crippen LogP contribution in [0.3, 0.4) is 0 Å². The van der Waals surface area contributed by atoms with Gasteiger partial charge in [-0.2, -0.15) is 22.7 Å². The van der Waals surface area contributed by atoms with Crippen LogP contribution in [0, 0.1) is 0 Å². The van der Waals surface area contributed by atoms with E-state index in [0.717, 1.165) is 4.47 Å². The summed E-state index contributed by atoms with van der Waals surface area (Å²) in [5, 5.41) is 8.33. The lowest BCUT2D eigenvalue weighted by molar-refractivity contribution is 0.638. The van der Waals surface area contributed by atoms with Gasteiger partial charge in [0.2, 0.25) is 0 Å². The van der Waals surface area contributed by atoms with Crippen molar-refractivity contribution in [3.63, 3.8) is 0 Å². The fourth-order valence-corrected chi connectivity index (χ4v) is 3.54. The minimum absolute atomic E-state index is 0.0851. The van der Waals surface area contributed by atoms with Crippen LogP contribution in [0.1, 0.15) is 17.2 Å². The van der Waals surface area contributed by atoms with Crippen molar-refractivity contribution in [2.45, 2.75) is 6.04 Å². The van der Waals surface area contributed by atoms with E-state index < -0.39 is 0 Å².